The fourth-order valence-electron chi connectivity index (χ4n) is 7.30. The molecule has 0 aliphatic carbocycles. The first-order valence-electron chi connectivity index (χ1n) is 16.3. The van der Waals surface area contributed by atoms with Crippen molar-refractivity contribution >= 4 is 50.9 Å². The summed E-state index contributed by atoms with van der Waals surface area (Å²) in [6.07, 6.45) is 3.47. The Morgan fingerprint density at radius 3 is 2.61 bits per heavy atom. The highest BCUT2D eigenvalue weighted by molar-refractivity contribution is 6.19. The molecule has 2 saturated heterocycles. The maximum Gasteiger partial charge on any atom is 0.414 e. The van der Waals surface area contributed by atoms with Crippen LogP contribution in [0.15, 0.2) is 47.5 Å². The zero-order valence-corrected chi connectivity index (χ0v) is 28.3. The molecule has 2 fully saturated rings. The molecule has 13 heteroatoms. The number of ether oxygens (including phenoxy) is 2. The SMILES string of the molecule is CCOC(=O)c1ccc2ccc(-c3cnc4[nH]c5c(N(C)C(=O)OC(C)(C)C)cc(F)c(F)c5c4c3N3CC[C@H]4CN(C)CC43)cn2c1=O. The van der Waals surface area contributed by atoms with Crippen molar-refractivity contribution in [1.82, 2.24) is 19.3 Å². The van der Waals surface area contributed by atoms with Crippen LogP contribution in [0.5, 0.6) is 0 Å². The molecule has 11 nitrogen and oxygen atoms in total. The predicted octanol–water partition coefficient (Wildman–Crippen LogP) is 5.96. The van der Waals surface area contributed by atoms with Gasteiger partial charge in [0.2, 0.25) is 0 Å². The molecule has 256 valence electrons. The molecule has 7 rings (SSSR count). The number of aromatic nitrogens is 3. The molecule has 0 radical (unpaired) electrons. The van der Waals surface area contributed by atoms with Crippen molar-refractivity contribution in [2.24, 2.45) is 5.92 Å². The quantitative estimate of drug-likeness (QED) is 0.228. The van der Waals surface area contributed by atoms with Gasteiger partial charge in [0.1, 0.15) is 16.8 Å². The molecule has 4 aromatic heterocycles. The van der Waals surface area contributed by atoms with E-state index >= 15 is 8.78 Å². The maximum atomic E-state index is 16.2. The van der Waals surface area contributed by atoms with Crippen LogP contribution >= 0.6 is 0 Å². The number of halogens is 2. The molecular weight excluding hydrogens is 634 g/mol. The van der Waals surface area contributed by atoms with Gasteiger partial charge < -0.3 is 24.3 Å². The zero-order chi connectivity index (χ0) is 34.9. The molecule has 0 saturated carbocycles. The zero-order valence-electron chi connectivity index (χ0n) is 28.3. The summed E-state index contributed by atoms with van der Waals surface area (Å²) >= 11 is 0. The van der Waals surface area contributed by atoms with Gasteiger partial charge in [-0.3, -0.25) is 14.1 Å². The summed E-state index contributed by atoms with van der Waals surface area (Å²) in [5.74, 6) is -2.55. The first-order valence-corrected chi connectivity index (χ1v) is 16.3. The molecule has 0 spiro atoms. The number of nitrogens with zero attached hydrogens (tertiary/aromatic N) is 5. The molecule has 1 unspecified atom stereocenters. The fraction of sp³-hybridized carbons (Fsp3) is 0.389. The van der Waals surface area contributed by atoms with Gasteiger partial charge in [-0.25, -0.2) is 23.4 Å². The number of rotatable bonds is 5. The number of H-pyrrole nitrogens is 1. The summed E-state index contributed by atoms with van der Waals surface area (Å²) < 4.78 is 43.8. The second kappa shape index (κ2) is 11.8. The van der Waals surface area contributed by atoms with Crippen LogP contribution in [-0.4, -0.2) is 83.3 Å². The predicted molar refractivity (Wildman–Crippen MR) is 184 cm³/mol. The summed E-state index contributed by atoms with van der Waals surface area (Å²) in [5.41, 5.74) is 1.55. The number of likely N-dealkylation sites (N-methyl/N-ethyl adjacent to an activating group) is 1. The van der Waals surface area contributed by atoms with Gasteiger partial charge in [-0.05, 0) is 65.3 Å². The number of esters is 1. The lowest BCUT2D eigenvalue weighted by Crippen LogP contribution is -2.35. The highest BCUT2D eigenvalue weighted by Gasteiger charge is 2.42. The Morgan fingerprint density at radius 1 is 1.12 bits per heavy atom. The number of carbonyl (C=O) groups excluding carboxylic acids is 2. The van der Waals surface area contributed by atoms with E-state index in [0.717, 1.165) is 30.5 Å². The molecular formula is C36H38F2N6O5. The second-order valence-corrected chi connectivity index (χ2v) is 13.9. The highest BCUT2D eigenvalue weighted by atomic mass is 19.2. The number of hydrogen-bond acceptors (Lipinski definition) is 8. The van der Waals surface area contributed by atoms with E-state index in [2.05, 4.69) is 21.8 Å². The minimum Gasteiger partial charge on any atom is -0.462 e. The van der Waals surface area contributed by atoms with Crippen molar-refractivity contribution in [2.75, 3.05) is 50.1 Å². The third-order valence-corrected chi connectivity index (χ3v) is 9.45. The molecule has 1 aromatic carbocycles. The van der Waals surface area contributed by atoms with Gasteiger partial charge in [-0.2, -0.15) is 0 Å². The van der Waals surface area contributed by atoms with Crippen LogP contribution in [0.2, 0.25) is 0 Å². The van der Waals surface area contributed by atoms with Gasteiger partial charge in [0, 0.05) is 67.8 Å². The van der Waals surface area contributed by atoms with Crippen molar-refractivity contribution < 1.29 is 27.8 Å². The van der Waals surface area contributed by atoms with E-state index in [4.69, 9.17) is 14.5 Å². The van der Waals surface area contributed by atoms with E-state index in [9.17, 15) is 14.4 Å². The van der Waals surface area contributed by atoms with Crippen molar-refractivity contribution in [3.63, 3.8) is 0 Å². The smallest absolute Gasteiger partial charge is 0.414 e. The molecule has 2 aliphatic rings. The van der Waals surface area contributed by atoms with Crippen LogP contribution in [0.25, 0.3) is 38.6 Å². The van der Waals surface area contributed by atoms with Crippen molar-refractivity contribution in [3.8, 4) is 11.1 Å². The van der Waals surface area contributed by atoms with E-state index in [1.54, 1.807) is 52.2 Å². The first-order chi connectivity index (χ1) is 23.3. The molecule has 49 heavy (non-hydrogen) atoms. The topological polar surface area (TPSA) is 112 Å². The molecule has 5 aromatic rings. The van der Waals surface area contributed by atoms with Gasteiger partial charge in [-0.15, -0.1) is 0 Å². The second-order valence-electron chi connectivity index (χ2n) is 13.9. The summed E-state index contributed by atoms with van der Waals surface area (Å²) in [7, 11) is 3.51. The lowest BCUT2D eigenvalue weighted by molar-refractivity contribution is 0.0522. The highest BCUT2D eigenvalue weighted by Crippen LogP contribution is 2.47. The number of benzene rings is 1. The average Bonchev–Trinajstić information content (AvgIpc) is 3.73. The molecule has 1 amide bonds. The van der Waals surface area contributed by atoms with Crippen LogP contribution < -0.4 is 15.4 Å². The van der Waals surface area contributed by atoms with Gasteiger partial charge in [0.05, 0.1) is 34.3 Å². The van der Waals surface area contributed by atoms with Crippen LogP contribution in [0.1, 0.15) is 44.5 Å². The van der Waals surface area contributed by atoms with Gasteiger partial charge in [-0.1, -0.05) is 6.07 Å². The van der Waals surface area contributed by atoms with Crippen LogP contribution in [0, 0.1) is 17.6 Å². The molecule has 2 atom stereocenters. The summed E-state index contributed by atoms with van der Waals surface area (Å²) in [5, 5.41) is 0.327. The molecule has 0 bridgehead atoms. The van der Waals surface area contributed by atoms with E-state index in [1.165, 1.54) is 17.5 Å². The Kier molecular flexibility index (Phi) is 7.85. The lowest BCUT2D eigenvalue weighted by Gasteiger charge is -2.29. The Balaban J connectivity index is 1.50. The number of hydrogen-bond donors (Lipinski definition) is 1. The Bertz CT molecular complexity index is 2220. The normalized spacial score (nSPS) is 18.1. The monoisotopic (exact) mass is 672 g/mol. The van der Waals surface area contributed by atoms with Crippen LogP contribution in [-0.2, 0) is 9.47 Å². The van der Waals surface area contributed by atoms with Crippen LogP contribution in [0.3, 0.4) is 0 Å². The number of anilines is 2. The number of aromatic amines is 1. The molecule has 1 N–H and O–H groups in total. The van der Waals surface area contributed by atoms with Gasteiger partial charge >= 0.3 is 12.1 Å². The third kappa shape index (κ3) is 5.45. The third-order valence-electron chi connectivity index (χ3n) is 9.45. The minimum absolute atomic E-state index is 0.0397. The largest absolute Gasteiger partial charge is 0.462 e. The summed E-state index contributed by atoms with van der Waals surface area (Å²) in [6, 6.07) is 7.79. The van der Waals surface area contributed by atoms with Crippen molar-refractivity contribution in [3.05, 3.63) is 70.3 Å². The Labute approximate surface area is 281 Å². The van der Waals surface area contributed by atoms with Gasteiger partial charge in [0.25, 0.3) is 5.56 Å². The number of amides is 1. The Morgan fingerprint density at radius 2 is 1.88 bits per heavy atom. The van der Waals surface area contributed by atoms with E-state index in [1.807, 2.05) is 6.07 Å². The fourth-order valence-corrected chi connectivity index (χ4v) is 7.30. The summed E-state index contributed by atoms with van der Waals surface area (Å²) in [6.45, 7) is 9.33. The van der Waals surface area contributed by atoms with Gasteiger partial charge in [0.15, 0.2) is 11.6 Å². The number of pyridine rings is 3. The average molecular weight is 673 g/mol. The Hall–Kier alpha value is -5.04. The van der Waals surface area contributed by atoms with Crippen LogP contribution in [0.4, 0.5) is 25.0 Å². The summed E-state index contributed by atoms with van der Waals surface area (Å²) in [4.78, 5) is 52.7. The minimum atomic E-state index is -1.13. The number of nitrogens with one attached hydrogen (secondary N) is 1. The lowest BCUT2D eigenvalue weighted by atomic mass is 10.00. The molecule has 2 aliphatic heterocycles. The van der Waals surface area contributed by atoms with Crippen molar-refractivity contribution in [1.29, 1.82) is 0 Å². The standard InChI is InChI=1S/C36H38F2N6O5/c1-7-48-34(46)22-11-10-21-9-8-19(17-44(21)33(22)45)23-15-39-32-28(31(23)43-13-12-20-16-41(5)18-26(20)43)27-29(38)24(37)14-25(30(27)40-32)42(6)35(47)49-36(2,3)4/h8-11,14-15,17,20,26H,7,12-13,16,18H2,1-6H3,(H,39,40)/t20-,26?/m0/s1. The number of likely N-dealkylation sites (tertiary alicyclic amines) is 1. The number of carbonyl (C=O) groups is 2. The van der Waals surface area contributed by atoms with E-state index in [0.29, 0.717) is 45.8 Å². The maximum absolute atomic E-state index is 16.2. The first kappa shape index (κ1) is 32.5. The number of fused-ring (bicyclic) bond motifs is 5. The van der Waals surface area contributed by atoms with E-state index < -0.39 is 34.9 Å². The van der Waals surface area contributed by atoms with E-state index in [-0.39, 0.29) is 34.8 Å². The molecule has 6 heterocycles. The van der Waals surface area contributed by atoms with Crippen molar-refractivity contribution in [2.45, 2.75) is 45.8 Å².